The smallest absolute Gasteiger partial charge is 0.328 e. The van der Waals surface area contributed by atoms with Gasteiger partial charge in [-0.1, -0.05) is 60.7 Å². The summed E-state index contributed by atoms with van der Waals surface area (Å²) in [7, 11) is 2.99. The van der Waals surface area contributed by atoms with Crippen LogP contribution in [0.4, 0.5) is 0 Å². The average molecular weight is 367 g/mol. The molecule has 2 aromatic rings. The minimum atomic E-state index is -0.572. The summed E-state index contributed by atoms with van der Waals surface area (Å²) >= 11 is 0. The van der Waals surface area contributed by atoms with E-state index in [9.17, 15) is 9.59 Å². The predicted molar refractivity (Wildman–Crippen MR) is 102 cm³/mol. The van der Waals surface area contributed by atoms with Crippen LogP contribution in [0.2, 0.25) is 0 Å². The highest BCUT2D eigenvalue weighted by atomic mass is 16.5. The number of carbonyl (C=O) groups is 2. The first-order valence-corrected chi connectivity index (χ1v) is 9.12. The van der Waals surface area contributed by atoms with E-state index >= 15 is 0 Å². The molecule has 1 amide bonds. The zero-order chi connectivity index (χ0) is 19.2. The Morgan fingerprint density at radius 3 is 2.04 bits per heavy atom. The molecule has 1 fully saturated rings. The predicted octanol–water partition coefficient (Wildman–Crippen LogP) is 2.86. The molecule has 1 heterocycles. The van der Waals surface area contributed by atoms with Crippen molar-refractivity contribution < 1.29 is 19.1 Å². The van der Waals surface area contributed by atoms with Gasteiger partial charge in [-0.3, -0.25) is 4.79 Å². The highest BCUT2D eigenvalue weighted by molar-refractivity contribution is 5.91. The zero-order valence-corrected chi connectivity index (χ0v) is 15.7. The van der Waals surface area contributed by atoms with Gasteiger partial charge in [0, 0.05) is 19.6 Å². The van der Waals surface area contributed by atoms with Gasteiger partial charge in [-0.25, -0.2) is 4.79 Å². The van der Waals surface area contributed by atoms with E-state index in [0.717, 1.165) is 11.1 Å². The molecule has 27 heavy (non-hydrogen) atoms. The molecule has 2 aromatic carbocycles. The number of rotatable bonds is 6. The number of nitrogens with zero attached hydrogens (tertiary/aromatic N) is 1. The molecule has 5 heteroatoms. The van der Waals surface area contributed by atoms with Gasteiger partial charge in [-0.05, 0) is 17.5 Å². The normalized spacial score (nSPS) is 19.3. The van der Waals surface area contributed by atoms with E-state index in [0.29, 0.717) is 19.6 Å². The molecule has 3 rings (SSSR count). The van der Waals surface area contributed by atoms with Crippen molar-refractivity contribution in [3.8, 4) is 0 Å². The molecule has 1 aliphatic heterocycles. The summed E-state index contributed by atoms with van der Waals surface area (Å²) in [5.74, 6) is -0.792. The molecular weight excluding hydrogens is 342 g/mol. The standard InChI is InChI=1S/C22H25NO4/c1-26-15-16-13-19(22(25)27-2)23(14-16)21(24)20(17-9-5-3-6-10-17)18-11-7-4-8-12-18/h3-12,16,19-20H,13-15H2,1-2H3/t16-,19-/m0/s1. The third kappa shape index (κ3) is 4.19. The molecule has 0 bridgehead atoms. The van der Waals surface area contributed by atoms with E-state index in [1.165, 1.54) is 7.11 Å². The van der Waals surface area contributed by atoms with E-state index in [1.807, 2.05) is 60.7 Å². The fourth-order valence-corrected chi connectivity index (χ4v) is 3.82. The molecule has 0 N–H and O–H groups in total. The number of amides is 1. The molecule has 142 valence electrons. The number of carbonyl (C=O) groups excluding carboxylic acids is 2. The Balaban J connectivity index is 1.96. The minimum Gasteiger partial charge on any atom is -0.467 e. The van der Waals surface area contributed by atoms with E-state index in [2.05, 4.69) is 0 Å². The molecule has 5 nitrogen and oxygen atoms in total. The lowest BCUT2D eigenvalue weighted by atomic mass is 9.90. The Hall–Kier alpha value is -2.66. The maximum Gasteiger partial charge on any atom is 0.328 e. The summed E-state index contributed by atoms with van der Waals surface area (Å²) < 4.78 is 10.2. The Labute approximate surface area is 159 Å². The summed E-state index contributed by atoms with van der Waals surface area (Å²) in [4.78, 5) is 27.6. The quantitative estimate of drug-likeness (QED) is 0.737. The van der Waals surface area contributed by atoms with Crippen LogP contribution in [0.1, 0.15) is 23.5 Å². The zero-order valence-electron chi connectivity index (χ0n) is 15.7. The molecule has 0 aromatic heterocycles. The number of methoxy groups -OCH3 is 2. The van der Waals surface area contributed by atoms with E-state index in [1.54, 1.807) is 12.0 Å². The molecule has 0 unspecified atom stereocenters. The molecule has 1 saturated heterocycles. The van der Waals surface area contributed by atoms with Crippen LogP contribution in [-0.2, 0) is 19.1 Å². The van der Waals surface area contributed by atoms with Gasteiger partial charge in [0.05, 0.1) is 19.6 Å². The molecule has 2 atom stereocenters. The van der Waals surface area contributed by atoms with Crippen LogP contribution in [0.25, 0.3) is 0 Å². The second kappa shape index (κ2) is 8.82. The number of hydrogen-bond acceptors (Lipinski definition) is 4. The lowest BCUT2D eigenvalue weighted by molar-refractivity contribution is -0.151. The Kier molecular flexibility index (Phi) is 6.24. The van der Waals surface area contributed by atoms with Crippen LogP contribution in [-0.4, -0.2) is 50.2 Å². The summed E-state index contributed by atoms with van der Waals surface area (Å²) in [6, 6.07) is 18.8. The van der Waals surface area contributed by atoms with Crippen LogP contribution in [0.5, 0.6) is 0 Å². The third-order valence-electron chi connectivity index (χ3n) is 5.06. The van der Waals surface area contributed by atoms with Gasteiger partial charge >= 0.3 is 5.97 Å². The van der Waals surface area contributed by atoms with Crippen LogP contribution in [0, 0.1) is 5.92 Å². The van der Waals surface area contributed by atoms with E-state index in [4.69, 9.17) is 9.47 Å². The molecular formula is C22H25NO4. The number of hydrogen-bond donors (Lipinski definition) is 0. The molecule has 0 spiro atoms. The topological polar surface area (TPSA) is 55.8 Å². The van der Waals surface area contributed by atoms with Gasteiger partial charge in [-0.15, -0.1) is 0 Å². The fraction of sp³-hybridized carbons (Fsp3) is 0.364. The SMILES string of the molecule is COC[C@H]1C[C@@H](C(=O)OC)N(C(=O)C(c2ccccc2)c2ccccc2)C1. The minimum absolute atomic E-state index is 0.0820. The first-order valence-electron chi connectivity index (χ1n) is 9.12. The monoisotopic (exact) mass is 367 g/mol. The molecule has 1 aliphatic rings. The molecule has 0 aliphatic carbocycles. The first kappa shape index (κ1) is 19.1. The van der Waals surface area contributed by atoms with Gasteiger partial charge in [0.2, 0.25) is 5.91 Å². The Morgan fingerprint density at radius 2 is 1.56 bits per heavy atom. The van der Waals surface area contributed by atoms with Crippen LogP contribution < -0.4 is 0 Å². The van der Waals surface area contributed by atoms with Gasteiger partial charge in [0.15, 0.2) is 0 Å². The van der Waals surface area contributed by atoms with Crippen molar-refractivity contribution in [1.82, 2.24) is 4.90 Å². The fourth-order valence-electron chi connectivity index (χ4n) is 3.82. The van der Waals surface area contributed by atoms with Crippen molar-refractivity contribution in [2.45, 2.75) is 18.4 Å². The Morgan fingerprint density at radius 1 is 1.00 bits per heavy atom. The summed E-state index contributed by atoms with van der Waals surface area (Å²) in [6.45, 7) is 1.00. The van der Waals surface area contributed by atoms with Crippen molar-refractivity contribution in [2.75, 3.05) is 27.4 Å². The molecule has 0 radical (unpaired) electrons. The van der Waals surface area contributed by atoms with Crippen molar-refractivity contribution in [1.29, 1.82) is 0 Å². The number of benzene rings is 2. The maximum atomic E-state index is 13.6. The second-order valence-electron chi connectivity index (χ2n) is 6.84. The van der Waals surface area contributed by atoms with Crippen molar-refractivity contribution in [3.63, 3.8) is 0 Å². The van der Waals surface area contributed by atoms with Crippen molar-refractivity contribution in [2.24, 2.45) is 5.92 Å². The number of esters is 1. The van der Waals surface area contributed by atoms with Crippen molar-refractivity contribution >= 4 is 11.9 Å². The summed E-state index contributed by atoms with van der Waals surface area (Å²) in [6.07, 6.45) is 0.558. The van der Waals surface area contributed by atoms with Gasteiger partial charge in [-0.2, -0.15) is 0 Å². The Bertz CT molecular complexity index is 723. The highest BCUT2D eigenvalue weighted by Crippen LogP contribution is 2.32. The number of likely N-dealkylation sites (tertiary alicyclic amines) is 1. The molecule has 0 saturated carbocycles. The summed E-state index contributed by atoms with van der Waals surface area (Å²) in [5, 5.41) is 0. The second-order valence-corrected chi connectivity index (χ2v) is 6.84. The van der Waals surface area contributed by atoms with Crippen molar-refractivity contribution in [3.05, 3.63) is 71.8 Å². The lowest BCUT2D eigenvalue weighted by Crippen LogP contribution is -2.43. The van der Waals surface area contributed by atoms with E-state index in [-0.39, 0.29) is 17.8 Å². The first-order chi connectivity index (χ1) is 13.2. The summed E-state index contributed by atoms with van der Waals surface area (Å²) in [5.41, 5.74) is 1.82. The van der Waals surface area contributed by atoms with Gasteiger partial charge in [0.1, 0.15) is 6.04 Å². The third-order valence-corrected chi connectivity index (χ3v) is 5.06. The highest BCUT2D eigenvalue weighted by Gasteiger charge is 2.42. The van der Waals surface area contributed by atoms with Crippen LogP contribution >= 0.6 is 0 Å². The largest absolute Gasteiger partial charge is 0.467 e. The lowest BCUT2D eigenvalue weighted by Gasteiger charge is -2.28. The van der Waals surface area contributed by atoms with E-state index < -0.39 is 12.0 Å². The van der Waals surface area contributed by atoms with Crippen LogP contribution in [0.15, 0.2) is 60.7 Å². The maximum absolute atomic E-state index is 13.6. The van der Waals surface area contributed by atoms with Crippen LogP contribution in [0.3, 0.4) is 0 Å². The number of ether oxygens (including phenoxy) is 2. The van der Waals surface area contributed by atoms with Gasteiger partial charge in [0.25, 0.3) is 0 Å². The average Bonchev–Trinajstić information content (AvgIpc) is 3.13. The van der Waals surface area contributed by atoms with Gasteiger partial charge < -0.3 is 14.4 Å².